The van der Waals surface area contributed by atoms with Crippen LogP contribution in [-0.4, -0.2) is 16.8 Å². The number of fused-ring (bicyclic) bond motifs is 1. The number of hydrogen-bond acceptors (Lipinski definition) is 3. The Morgan fingerprint density at radius 3 is 2.92 bits per heavy atom. The van der Waals surface area contributed by atoms with Gasteiger partial charge in [-0.1, -0.05) is 6.07 Å². The summed E-state index contributed by atoms with van der Waals surface area (Å²) in [5, 5.41) is 18.4. The molecule has 0 bridgehead atoms. The monoisotopic (exact) mass is 180 g/mol. The fourth-order valence-corrected chi connectivity index (χ4v) is 1.70. The van der Waals surface area contributed by atoms with Gasteiger partial charge in [-0.25, -0.2) is 0 Å². The molecule has 13 heavy (non-hydrogen) atoms. The van der Waals surface area contributed by atoms with Gasteiger partial charge in [0.15, 0.2) is 0 Å². The number of rotatable bonds is 2. The summed E-state index contributed by atoms with van der Waals surface area (Å²) in [5.74, 6) is 0.262. The molecule has 2 rings (SSSR count). The van der Waals surface area contributed by atoms with E-state index in [0.717, 1.165) is 16.7 Å². The maximum absolute atomic E-state index is 9.54. The lowest BCUT2D eigenvalue weighted by atomic mass is 10.0. The first-order valence-corrected chi connectivity index (χ1v) is 4.34. The zero-order chi connectivity index (χ0) is 9.26. The van der Waals surface area contributed by atoms with Crippen LogP contribution in [0.4, 0.5) is 0 Å². The van der Waals surface area contributed by atoms with Gasteiger partial charge < -0.3 is 14.9 Å². The van der Waals surface area contributed by atoms with Gasteiger partial charge in [0, 0.05) is 12.2 Å². The SMILES string of the molecule is OCCc1c(O)ccc2c1COC2. The van der Waals surface area contributed by atoms with E-state index in [-0.39, 0.29) is 12.4 Å². The van der Waals surface area contributed by atoms with Crippen molar-refractivity contribution >= 4 is 0 Å². The maximum Gasteiger partial charge on any atom is 0.119 e. The highest BCUT2D eigenvalue weighted by Crippen LogP contribution is 2.30. The molecule has 0 saturated carbocycles. The Balaban J connectivity index is 2.45. The summed E-state index contributed by atoms with van der Waals surface area (Å²) in [6, 6.07) is 3.54. The van der Waals surface area contributed by atoms with Gasteiger partial charge in [0.1, 0.15) is 5.75 Å². The molecule has 0 saturated heterocycles. The summed E-state index contributed by atoms with van der Waals surface area (Å²) in [7, 11) is 0. The third-order valence-corrected chi connectivity index (χ3v) is 2.37. The Morgan fingerprint density at radius 2 is 2.15 bits per heavy atom. The molecule has 0 aliphatic carbocycles. The summed E-state index contributed by atoms with van der Waals surface area (Å²) in [6.07, 6.45) is 0.498. The number of ether oxygens (including phenoxy) is 1. The molecule has 1 aromatic carbocycles. The Labute approximate surface area is 76.6 Å². The molecule has 70 valence electrons. The molecule has 0 atom stereocenters. The van der Waals surface area contributed by atoms with E-state index in [1.165, 1.54) is 0 Å². The zero-order valence-corrected chi connectivity index (χ0v) is 7.29. The first kappa shape index (κ1) is 8.53. The largest absolute Gasteiger partial charge is 0.508 e. The van der Waals surface area contributed by atoms with Gasteiger partial charge in [-0.2, -0.15) is 0 Å². The molecular formula is C10H12O3. The van der Waals surface area contributed by atoms with Crippen molar-refractivity contribution in [3.8, 4) is 5.75 Å². The lowest BCUT2D eigenvalue weighted by molar-refractivity contribution is 0.134. The molecule has 0 amide bonds. The Bertz CT molecular complexity index is 320. The summed E-state index contributed by atoms with van der Waals surface area (Å²) in [5.41, 5.74) is 3.01. The first-order valence-electron chi connectivity index (χ1n) is 4.34. The second-order valence-corrected chi connectivity index (χ2v) is 3.17. The average molecular weight is 180 g/mol. The van der Waals surface area contributed by atoms with Crippen LogP contribution in [0.15, 0.2) is 12.1 Å². The molecule has 1 aliphatic heterocycles. The van der Waals surface area contributed by atoms with Crippen LogP contribution in [-0.2, 0) is 24.4 Å². The van der Waals surface area contributed by atoms with Crippen LogP contribution in [0.1, 0.15) is 16.7 Å². The van der Waals surface area contributed by atoms with Crippen molar-refractivity contribution in [1.82, 2.24) is 0 Å². The van der Waals surface area contributed by atoms with Crippen molar-refractivity contribution < 1.29 is 14.9 Å². The normalized spacial score (nSPS) is 14.5. The van der Waals surface area contributed by atoms with E-state index in [1.807, 2.05) is 6.07 Å². The van der Waals surface area contributed by atoms with E-state index in [1.54, 1.807) is 6.07 Å². The van der Waals surface area contributed by atoms with Crippen molar-refractivity contribution in [2.75, 3.05) is 6.61 Å². The van der Waals surface area contributed by atoms with E-state index in [2.05, 4.69) is 0 Å². The highest BCUT2D eigenvalue weighted by atomic mass is 16.5. The van der Waals surface area contributed by atoms with E-state index < -0.39 is 0 Å². The molecule has 0 unspecified atom stereocenters. The first-order chi connectivity index (χ1) is 6.33. The molecule has 0 spiro atoms. The van der Waals surface area contributed by atoms with Gasteiger partial charge in [-0.3, -0.25) is 0 Å². The molecule has 2 N–H and O–H groups in total. The quantitative estimate of drug-likeness (QED) is 0.712. The molecule has 3 heteroatoms. The van der Waals surface area contributed by atoms with Gasteiger partial charge in [-0.15, -0.1) is 0 Å². The molecule has 1 aromatic rings. The molecule has 0 radical (unpaired) electrons. The number of phenols is 1. The molecule has 1 aliphatic rings. The van der Waals surface area contributed by atoms with E-state index in [9.17, 15) is 5.11 Å². The van der Waals surface area contributed by atoms with Crippen LogP contribution >= 0.6 is 0 Å². The van der Waals surface area contributed by atoms with Crippen molar-refractivity contribution in [1.29, 1.82) is 0 Å². The minimum atomic E-state index is 0.0595. The molecule has 0 fully saturated rings. The predicted molar refractivity (Wildman–Crippen MR) is 47.4 cm³/mol. The predicted octanol–water partition coefficient (Wildman–Crippen LogP) is 0.957. The number of aliphatic hydroxyl groups excluding tert-OH is 1. The topological polar surface area (TPSA) is 49.7 Å². The van der Waals surface area contributed by atoms with Crippen molar-refractivity contribution in [2.45, 2.75) is 19.6 Å². The molecule has 0 aromatic heterocycles. The average Bonchev–Trinajstić information content (AvgIpc) is 2.58. The van der Waals surface area contributed by atoms with Gasteiger partial charge in [-0.05, 0) is 23.6 Å². The Morgan fingerprint density at radius 1 is 1.31 bits per heavy atom. The number of benzene rings is 1. The lowest BCUT2D eigenvalue weighted by Gasteiger charge is -2.07. The fourth-order valence-electron chi connectivity index (χ4n) is 1.70. The van der Waals surface area contributed by atoms with Gasteiger partial charge in [0.05, 0.1) is 13.2 Å². The Kier molecular flexibility index (Phi) is 2.20. The van der Waals surface area contributed by atoms with Crippen LogP contribution < -0.4 is 0 Å². The van der Waals surface area contributed by atoms with Gasteiger partial charge in [0.25, 0.3) is 0 Å². The maximum atomic E-state index is 9.54. The summed E-state index contributed by atoms with van der Waals surface area (Å²) in [6.45, 7) is 1.23. The summed E-state index contributed by atoms with van der Waals surface area (Å²) < 4.78 is 5.26. The highest BCUT2D eigenvalue weighted by Gasteiger charge is 2.17. The van der Waals surface area contributed by atoms with Crippen LogP contribution in [0.2, 0.25) is 0 Å². The number of phenolic OH excluding ortho intramolecular Hbond substituents is 1. The standard InChI is InChI=1S/C10H12O3/c11-4-3-8-9-6-13-5-7(9)1-2-10(8)12/h1-2,11-12H,3-6H2. The third kappa shape index (κ3) is 1.41. The highest BCUT2D eigenvalue weighted by molar-refractivity contribution is 5.45. The molecule has 1 heterocycles. The fraction of sp³-hybridized carbons (Fsp3) is 0.400. The minimum Gasteiger partial charge on any atom is -0.508 e. The third-order valence-electron chi connectivity index (χ3n) is 2.37. The second kappa shape index (κ2) is 3.36. The van der Waals surface area contributed by atoms with Crippen LogP contribution in [0.25, 0.3) is 0 Å². The summed E-state index contributed by atoms with van der Waals surface area (Å²) in [4.78, 5) is 0. The van der Waals surface area contributed by atoms with E-state index in [0.29, 0.717) is 19.6 Å². The minimum absolute atomic E-state index is 0.0595. The second-order valence-electron chi connectivity index (χ2n) is 3.17. The number of aliphatic hydroxyl groups is 1. The van der Waals surface area contributed by atoms with Crippen molar-refractivity contribution in [3.63, 3.8) is 0 Å². The summed E-state index contributed by atoms with van der Waals surface area (Å²) >= 11 is 0. The van der Waals surface area contributed by atoms with E-state index in [4.69, 9.17) is 9.84 Å². The van der Waals surface area contributed by atoms with Crippen LogP contribution in [0.5, 0.6) is 5.75 Å². The zero-order valence-electron chi connectivity index (χ0n) is 7.29. The molecule has 3 nitrogen and oxygen atoms in total. The van der Waals surface area contributed by atoms with Crippen LogP contribution in [0, 0.1) is 0 Å². The van der Waals surface area contributed by atoms with Crippen molar-refractivity contribution in [3.05, 3.63) is 28.8 Å². The molecular weight excluding hydrogens is 168 g/mol. The smallest absolute Gasteiger partial charge is 0.119 e. The lowest BCUT2D eigenvalue weighted by Crippen LogP contribution is -1.97. The number of hydrogen-bond donors (Lipinski definition) is 2. The van der Waals surface area contributed by atoms with Gasteiger partial charge >= 0.3 is 0 Å². The van der Waals surface area contributed by atoms with Crippen LogP contribution in [0.3, 0.4) is 0 Å². The number of aromatic hydroxyl groups is 1. The van der Waals surface area contributed by atoms with Crippen molar-refractivity contribution in [2.24, 2.45) is 0 Å². The van der Waals surface area contributed by atoms with E-state index >= 15 is 0 Å². The van der Waals surface area contributed by atoms with Gasteiger partial charge in [0.2, 0.25) is 0 Å². The Hall–Kier alpha value is -1.06.